The van der Waals surface area contributed by atoms with E-state index in [-0.39, 0.29) is 6.04 Å². The average molecular weight is 341 g/mol. The summed E-state index contributed by atoms with van der Waals surface area (Å²) in [4.78, 5) is 0. The molecule has 4 rings (SSSR count). The minimum atomic E-state index is -0.732. The summed E-state index contributed by atoms with van der Waals surface area (Å²) in [6, 6.07) is 29.1. The van der Waals surface area contributed by atoms with Gasteiger partial charge in [0, 0.05) is 5.56 Å². The highest BCUT2D eigenvalue weighted by molar-refractivity contribution is 5.57. The molecule has 4 heteroatoms. The van der Waals surface area contributed by atoms with Crippen molar-refractivity contribution in [2.24, 2.45) is 0 Å². The molecule has 2 atom stereocenters. The molecule has 0 aliphatic heterocycles. The molecular formula is C22H19N3O. The smallest absolute Gasteiger partial charge is 0.113 e. The summed E-state index contributed by atoms with van der Waals surface area (Å²) in [6.07, 6.45) is 1.16. The van der Waals surface area contributed by atoms with Crippen molar-refractivity contribution in [1.82, 2.24) is 15.0 Å². The predicted molar refractivity (Wildman–Crippen MR) is 101 cm³/mol. The Hall–Kier alpha value is -3.24. The van der Waals surface area contributed by atoms with Crippen molar-refractivity contribution >= 4 is 0 Å². The number of aliphatic hydroxyl groups is 1. The molecule has 1 heterocycles. The number of aromatic nitrogens is 3. The Morgan fingerprint density at radius 3 is 1.85 bits per heavy atom. The van der Waals surface area contributed by atoms with Crippen LogP contribution in [0.15, 0.2) is 97.2 Å². The Morgan fingerprint density at radius 2 is 1.23 bits per heavy atom. The molecule has 4 nitrogen and oxygen atoms in total. The SMILES string of the molecule is O[C@@H](c1ccccc1)[C@H](c1ccccc1)n1cc(-c2ccccc2)nn1. The van der Waals surface area contributed by atoms with E-state index in [1.165, 1.54) is 0 Å². The molecule has 3 aromatic carbocycles. The van der Waals surface area contributed by atoms with Crippen LogP contribution in [-0.2, 0) is 0 Å². The highest BCUT2D eigenvalue weighted by Crippen LogP contribution is 2.32. The molecular weight excluding hydrogens is 322 g/mol. The van der Waals surface area contributed by atoms with E-state index in [0.29, 0.717) is 0 Å². The van der Waals surface area contributed by atoms with Crippen molar-refractivity contribution in [1.29, 1.82) is 0 Å². The Morgan fingerprint density at radius 1 is 0.692 bits per heavy atom. The summed E-state index contributed by atoms with van der Waals surface area (Å²) in [5.41, 5.74) is 3.61. The molecule has 26 heavy (non-hydrogen) atoms. The van der Waals surface area contributed by atoms with Crippen LogP contribution in [0.3, 0.4) is 0 Å². The molecule has 128 valence electrons. The third-order valence-electron chi connectivity index (χ3n) is 4.45. The van der Waals surface area contributed by atoms with Gasteiger partial charge in [-0.2, -0.15) is 0 Å². The monoisotopic (exact) mass is 341 g/mol. The molecule has 1 N–H and O–H groups in total. The second-order valence-electron chi connectivity index (χ2n) is 6.16. The van der Waals surface area contributed by atoms with E-state index >= 15 is 0 Å². The summed E-state index contributed by atoms with van der Waals surface area (Å²) in [6.45, 7) is 0. The van der Waals surface area contributed by atoms with E-state index in [4.69, 9.17) is 0 Å². The molecule has 1 aromatic heterocycles. The van der Waals surface area contributed by atoms with Gasteiger partial charge in [0.2, 0.25) is 0 Å². The van der Waals surface area contributed by atoms with Gasteiger partial charge in [-0.1, -0.05) is 96.2 Å². The van der Waals surface area contributed by atoms with Gasteiger partial charge >= 0.3 is 0 Å². The highest BCUT2D eigenvalue weighted by Gasteiger charge is 2.26. The number of hydrogen-bond donors (Lipinski definition) is 1. The number of aliphatic hydroxyl groups excluding tert-OH is 1. The van der Waals surface area contributed by atoms with Crippen LogP contribution in [0.4, 0.5) is 0 Å². The first-order valence-electron chi connectivity index (χ1n) is 8.58. The van der Waals surface area contributed by atoms with Crippen LogP contribution in [0.5, 0.6) is 0 Å². The molecule has 0 unspecified atom stereocenters. The first-order valence-corrected chi connectivity index (χ1v) is 8.58. The normalized spacial score (nSPS) is 13.3. The van der Waals surface area contributed by atoms with Gasteiger partial charge in [0.05, 0.1) is 6.20 Å². The Kier molecular flexibility index (Phi) is 4.58. The topological polar surface area (TPSA) is 50.9 Å². The number of benzene rings is 3. The zero-order chi connectivity index (χ0) is 17.8. The minimum Gasteiger partial charge on any atom is -0.386 e. The fourth-order valence-electron chi connectivity index (χ4n) is 3.12. The first-order chi connectivity index (χ1) is 12.8. The van der Waals surface area contributed by atoms with Gasteiger partial charge in [0.15, 0.2) is 0 Å². The van der Waals surface area contributed by atoms with Crippen LogP contribution in [0, 0.1) is 0 Å². The van der Waals surface area contributed by atoms with E-state index in [0.717, 1.165) is 22.4 Å². The molecule has 0 amide bonds. The van der Waals surface area contributed by atoms with Crippen LogP contribution >= 0.6 is 0 Å². The quantitative estimate of drug-likeness (QED) is 0.590. The molecule has 0 spiro atoms. The largest absolute Gasteiger partial charge is 0.386 e. The maximum Gasteiger partial charge on any atom is 0.113 e. The highest BCUT2D eigenvalue weighted by atomic mass is 16.3. The van der Waals surface area contributed by atoms with E-state index in [9.17, 15) is 5.11 Å². The zero-order valence-electron chi connectivity index (χ0n) is 14.2. The Bertz CT molecular complexity index is 952. The van der Waals surface area contributed by atoms with Gasteiger partial charge in [-0.15, -0.1) is 5.10 Å². The van der Waals surface area contributed by atoms with Crippen LogP contribution in [-0.4, -0.2) is 20.1 Å². The summed E-state index contributed by atoms with van der Waals surface area (Å²) in [7, 11) is 0. The second-order valence-corrected chi connectivity index (χ2v) is 6.16. The van der Waals surface area contributed by atoms with Gasteiger partial charge in [0.25, 0.3) is 0 Å². The van der Waals surface area contributed by atoms with E-state index in [1.807, 2.05) is 97.2 Å². The number of hydrogen-bond acceptors (Lipinski definition) is 3. The van der Waals surface area contributed by atoms with Gasteiger partial charge in [0.1, 0.15) is 17.8 Å². The molecule has 0 bridgehead atoms. The van der Waals surface area contributed by atoms with Crippen molar-refractivity contribution < 1.29 is 5.11 Å². The minimum absolute atomic E-state index is 0.358. The Balaban J connectivity index is 1.76. The van der Waals surface area contributed by atoms with Crippen molar-refractivity contribution in [3.8, 4) is 11.3 Å². The van der Waals surface area contributed by atoms with Gasteiger partial charge in [-0.05, 0) is 11.1 Å². The van der Waals surface area contributed by atoms with Gasteiger partial charge in [-0.25, -0.2) is 4.68 Å². The summed E-state index contributed by atoms with van der Waals surface area (Å²) in [5, 5.41) is 19.7. The fourth-order valence-corrected chi connectivity index (χ4v) is 3.12. The van der Waals surface area contributed by atoms with E-state index in [1.54, 1.807) is 4.68 Å². The predicted octanol–water partition coefficient (Wildman–Crippen LogP) is 4.27. The second kappa shape index (κ2) is 7.33. The molecule has 0 saturated carbocycles. The van der Waals surface area contributed by atoms with Crippen LogP contribution in [0.1, 0.15) is 23.3 Å². The van der Waals surface area contributed by atoms with Gasteiger partial charge < -0.3 is 5.11 Å². The van der Waals surface area contributed by atoms with E-state index < -0.39 is 6.10 Å². The first kappa shape index (κ1) is 16.2. The van der Waals surface area contributed by atoms with Crippen LogP contribution in [0.25, 0.3) is 11.3 Å². The third-order valence-corrected chi connectivity index (χ3v) is 4.45. The van der Waals surface area contributed by atoms with E-state index in [2.05, 4.69) is 10.3 Å². The standard InChI is InChI=1S/C22H19N3O/c26-22(19-14-8-3-9-15-19)21(18-12-6-2-7-13-18)25-16-20(23-24-25)17-10-4-1-5-11-17/h1-16,21-22,26H/t21-,22-/m0/s1. The average Bonchev–Trinajstić information content (AvgIpc) is 3.20. The summed E-state index contributed by atoms with van der Waals surface area (Å²) < 4.78 is 1.75. The maximum absolute atomic E-state index is 11.1. The lowest BCUT2D eigenvalue weighted by molar-refractivity contribution is 0.124. The van der Waals surface area contributed by atoms with Crippen molar-refractivity contribution in [3.63, 3.8) is 0 Å². The zero-order valence-corrected chi connectivity index (χ0v) is 14.2. The Labute approximate surface area is 152 Å². The lowest BCUT2D eigenvalue weighted by Gasteiger charge is -2.23. The fraction of sp³-hybridized carbons (Fsp3) is 0.0909. The lowest BCUT2D eigenvalue weighted by atomic mass is 9.96. The number of rotatable bonds is 5. The van der Waals surface area contributed by atoms with Crippen LogP contribution in [0.2, 0.25) is 0 Å². The molecule has 0 radical (unpaired) electrons. The molecule has 0 fully saturated rings. The van der Waals surface area contributed by atoms with Crippen molar-refractivity contribution in [2.75, 3.05) is 0 Å². The summed E-state index contributed by atoms with van der Waals surface area (Å²) >= 11 is 0. The summed E-state index contributed by atoms with van der Waals surface area (Å²) in [5.74, 6) is 0. The lowest BCUT2D eigenvalue weighted by Crippen LogP contribution is -2.20. The molecule has 0 aliphatic carbocycles. The molecule has 0 aliphatic rings. The number of nitrogens with zero attached hydrogens (tertiary/aromatic N) is 3. The third kappa shape index (κ3) is 3.27. The van der Waals surface area contributed by atoms with Crippen molar-refractivity contribution in [2.45, 2.75) is 12.1 Å². The van der Waals surface area contributed by atoms with Gasteiger partial charge in [-0.3, -0.25) is 0 Å². The van der Waals surface area contributed by atoms with Crippen LogP contribution < -0.4 is 0 Å². The van der Waals surface area contributed by atoms with Crippen molar-refractivity contribution in [3.05, 3.63) is 108 Å². The maximum atomic E-state index is 11.1. The molecule has 0 saturated heterocycles. The molecule has 4 aromatic rings.